The number of nitrogens with zero attached hydrogens (tertiary/aromatic N) is 1. The van der Waals surface area contributed by atoms with Gasteiger partial charge in [-0.25, -0.2) is 4.79 Å². The number of ether oxygens (including phenoxy) is 1. The van der Waals surface area contributed by atoms with Crippen molar-refractivity contribution in [3.05, 3.63) is 23.7 Å². The predicted molar refractivity (Wildman–Crippen MR) is 86.6 cm³/mol. The molecule has 4 atom stereocenters. The van der Waals surface area contributed by atoms with Crippen LogP contribution in [0.4, 0.5) is 0 Å². The third-order valence-electron chi connectivity index (χ3n) is 5.38. The fraction of sp³-hybridized carbons (Fsp3) is 0.667. The van der Waals surface area contributed by atoms with Crippen LogP contribution < -0.4 is 0 Å². The van der Waals surface area contributed by atoms with Crippen LogP contribution in [0.1, 0.15) is 60.1 Å². The van der Waals surface area contributed by atoms with Gasteiger partial charge in [0.15, 0.2) is 5.76 Å². The normalized spacial score (nSPS) is 30.4. The largest absolute Gasteiger partial charge is 0.463 e. The van der Waals surface area contributed by atoms with Gasteiger partial charge in [0, 0.05) is 18.5 Å². The van der Waals surface area contributed by atoms with Crippen LogP contribution in [-0.2, 0) is 4.74 Å². The molecule has 0 aromatic carbocycles. The molecule has 0 radical (unpaired) electrons. The van der Waals surface area contributed by atoms with Gasteiger partial charge in [-0.3, -0.25) is 4.79 Å². The second kappa shape index (κ2) is 6.97. The van der Waals surface area contributed by atoms with Gasteiger partial charge in [-0.2, -0.15) is 0 Å². The van der Waals surface area contributed by atoms with Crippen molar-refractivity contribution in [2.75, 3.05) is 13.7 Å². The van der Waals surface area contributed by atoms with Gasteiger partial charge >= 0.3 is 5.97 Å². The molecule has 3 rings (SSSR count). The molecule has 1 saturated carbocycles. The van der Waals surface area contributed by atoms with Gasteiger partial charge in [0.2, 0.25) is 5.76 Å². The Morgan fingerprint density at radius 3 is 2.75 bits per heavy atom. The summed E-state index contributed by atoms with van der Waals surface area (Å²) in [6.07, 6.45) is 4.28. The van der Waals surface area contributed by atoms with E-state index in [2.05, 4.69) is 11.7 Å². The SMILES string of the molecule is COC(=O)c1ccc(C(=O)N2CCC[C@@H]2[C@@H]2C[C@H](C)CC[C@H]2O)o1. The van der Waals surface area contributed by atoms with Gasteiger partial charge in [-0.1, -0.05) is 6.92 Å². The Bertz CT molecular complexity index is 610. The molecule has 1 aliphatic carbocycles. The quantitative estimate of drug-likeness (QED) is 0.858. The Hall–Kier alpha value is -1.82. The minimum Gasteiger partial charge on any atom is -0.463 e. The lowest BCUT2D eigenvalue weighted by molar-refractivity contribution is 0.00767. The van der Waals surface area contributed by atoms with Crippen molar-refractivity contribution in [3.63, 3.8) is 0 Å². The van der Waals surface area contributed by atoms with Crippen molar-refractivity contribution in [1.82, 2.24) is 4.90 Å². The summed E-state index contributed by atoms with van der Waals surface area (Å²) >= 11 is 0. The molecule has 132 valence electrons. The zero-order valence-corrected chi connectivity index (χ0v) is 14.2. The van der Waals surface area contributed by atoms with Gasteiger partial charge in [-0.15, -0.1) is 0 Å². The van der Waals surface area contributed by atoms with E-state index < -0.39 is 5.97 Å². The number of hydrogen-bond acceptors (Lipinski definition) is 5. The maximum atomic E-state index is 12.8. The summed E-state index contributed by atoms with van der Waals surface area (Å²) < 4.78 is 9.97. The van der Waals surface area contributed by atoms with Gasteiger partial charge in [0.1, 0.15) is 0 Å². The first-order chi connectivity index (χ1) is 11.5. The summed E-state index contributed by atoms with van der Waals surface area (Å²) in [6, 6.07) is 3.02. The van der Waals surface area contributed by atoms with Crippen LogP contribution in [0.5, 0.6) is 0 Å². The van der Waals surface area contributed by atoms with Gasteiger partial charge in [0.05, 0.1) is 13.2 Å². The molecule has 6 nitrogen and oxygen atoms in total. The van der Waals surface area contributed by atoms with E-state index in [-0.39, 0.29) is 35.5 Å². The minimum atomic E-state index is -0.594. The molecule has 1 aromatic rings. The van der Waals surface area contributed by atoms with E-state index in [1.165, 1.54) is 19.2 Å². The number of amides is 1. The summed E-state index contributed by atoms with van der Waals surface area (Å²) in [6.45, 7) is 2.87. The number of aliphatic hydroxyl groups excluding tert-OH is 1. The van der Waals surface area contributed by atoms with Crippen LogP contribution >= 0.6 is 0 Å². The first-order valence-corrected chi connectivity index (χ1v) is 8.68. The highest BCUT2D eigenvalue weighted by Crippen LogP contribution is 2.37. The molecule has 1 saturated heterocycles. The Balaban J connectivity index is 1.76. The summed E-state index contributed by atoms with van der Waals surface area (Å²) in [5.41, 5.74) is 0. The van der Waals surface area contributed by atoms with E-state index in [1.807, 2.05) is 4.90 Å². The number of aliphatic hydroxyl groups is 1. The summed E-state index contributed by atoms with van der Waals surface area (Å²) in [5, 5.41) is 10.4. The van der Waals surface area contributed by atoms with E-state index in [4.69, 9.17) is 4.42 Å². The number of furan rings is 1. The molecule has 1 amide bonds. The molecule has 1 aromatic heterocycles. The standard InChI is InChI=1S/C18H25NO5/c1-11-5-6-14(20)12(10-11)13-4-3-9-19(13)17(21)15-7-8-16(24-15)18(22)23-2/h7-8,11-14,20H,3-6,9-10H2,1-2H3/t11-,12+,13-,14-/m1/s1. The molecule has 2 heterocycles. The van der Waals surface area contributed by atoms with Crippen molar-refractivity contribution in [1.29, 1.82) is 0 Å². The maximum Gasteiger partial charge on any atom is 0.373 e. The Kier molecular flexibility index (Phi) is 4.94. The van der Waals surface area contributed by atoms with Crippen LogP contribution in [0.25, 0.3) is 0 Å². The summed E-state index contributed by atoms with van der Waals surface area (Å²) in [5.74, 6) is 0.0749. The van der Waals surface area contributed by atoms with E-state index in [0.717, 1.165) is 32.1 Å². The van der Waals surface area contributed by atoms with Crippen LogP contribution in [0, 0.1) is 11.8 Å². The van der Waals surface area contributed by atoms with Gasteiger partial charge < -0.3 is 19.2 Å². The van der Waals surface area contributed by atoms with Crippen LogP contribution in [0.2, 0.25) is 0 Å². The topological polar surface area (TPSA) is 80.0 Å². The zero-order valence-electron chi connectivity index (χ0n) is 14.2. The van der Waals surface area contributed by atoms with E-state index in [1.54, 1.807) is 0 Å². The fourth-order valence-electron chi connectivity index (χ4n) is 4.12. The predicted octanol–water partition coefficient (Wildman–Crippen LogP) is 2.47. The molecule has 0 bridgehead atoms. The van der Waals surface area contributed by atoms with E-state index in [0.29, 0.717) is 12.5 Å². The molecule has 0 unspecified atom stereocenters. The summed E-state index contributed by atoms with van der Waals surface area (Å²) in [4.78, 5) is 26.1. The average molecular weight is 335 g/mol. The van der Waals surface area contributed by atoms with Crippen molar-refractivity contribution >= 4 is 11.9 Å². The van der Waals surface area contributed by atoms with Crippen LogP contribution in [-0.4, -0.2) is 47.7 Å². The maximum absolute atomic E-state index is 12.8. The molecule has 24 heavy (non-hydrogen) atoms. The second-order valence-electron chi connectivity index (χ2n) is 7.01. The number of esters is 1. The third-order valence-corrected chi connectivity index (χ3v) is 5.38. The lowest BCUT2D eigenvalue weighted by atomic mass is 9.76. The highest BCUT2D eigenvalue weighted by molar-refractivity contribution is 5.94. The minimum absolute atomic E-state index is 0.0305. The molecule has 6 heteroatoms. The zero-order chi connectivity index (χ0) is 17.3. The summed E-state index contributed by atoms with van der Waals surface area (Å²) in [7, 11) is 1.27. The molecule has 2 fully saturated rings. The fourth-order valence-corrected chi connectivity index (χ4v) is 4.12. The van der Waals surface area contributed by atoms with Gasteiger partial charge in [-0.05, 0) is 50.2 Å². The first-order valence-electron chi connectivity index (χ1n) is 8.68. The Morgan fingerprint density at radius 1 is 1.25 bits per heavy atom. The number of rotatable bonds is 3. The van der Waals surface area contributed by atoms with Crippen LogP contribution in [0.15, 0.2) is 16.5 Å². The Labute approximate surface area is 141 Å². The number of carbonyl (C=O) groups is 2. The van der Waals surface area contributed by atoms with E-state index in [9.17, 15) is 14.7 Å². The van der Waals surface area contributed by atoms with E-state index >= 15 is 0 Å². The molecule has 0 spiro atoms. The number of carbonyl (C=O) groups excluding carboxylic acids is 2. The smallest absolute Gasteiger partial charge is 0.373 e. The van der Waals surface area contributed by atoms with Gasteiger partial charge in [0.25, 0.3) is 5.91 Å². The van der Waals surface area contributed by atoms with Crippen molar-refractivity contribution in [2.45, 2.75) is 51.2 Å². The second-order valence-corrected chi connectivity index (χ2v) is 7.01. The monoisotopic (exact) mass is 335 g/mol. The number of hydrogen-bond donors (Lipinski definition) is 1. The lowest BCUT2D eigenvalue weighted by Gasteiger charge is -2.39. The highest BCUT2D eigenvalue weighted by Gasteiger charge is 2.41. The van der Waals surface area contributed by atoms with Crippen molar-refractivity contribution in [2.24, 2.45) is 11.8 Å². The molecule has 1 N–H and O–H groups in total. The van der Waals surface area contributed by atoms with Crippen molar-refractivity contribution < 1.29 is 23.8 Å². The van der Waals surface area contributed by atoms with Crippen LogP contribution in [0.3, 0.4) is 0 Å². The lowest BCUT2D eigenvalue weighted by Crippen LogP contribution is -2.46. The Morgan fingerprint density at radius 2 is 2.00 bits per heavy atom. The molecular formula is C18H25NO5. The molecule has 2 aliphatic rings. The van der Waals surface area contributed by atoms with Crippen molar-refractivity contribution in [3.8, 4) is 0 Å². The number of methoxy groups -OCH3 is 1. The highest BCUT2D eigenvalue weighted by atomic mass is 16.5. The molecular weight excluding hydrogens is 310 g/mol. The first kappa shape index (κ1) is 17.0. The average Bonchev–Trinajstić information content (AvgIpc) is 3.25. The third kappa shape index (κ3) is 3.20. The molecule has 1 aliphatic heterocycles. The number of likely N-dealkylation sites (tertiary alicyclic amines) is 1.